The Balaban J connectivity index is 1.92. The summed E-state index contributed by atoms with van der Waals surface area (Å²) in [7, 11) is 0. The zero-order valence-corrected chi connectivity index (χ0v) is 13.8. The van der Waals surface area contributed by atoms with E-state index in [9.17, 15) is 14.7 Å². The second-order valence-corrected chi connectivity index (χ2v) is 6.61. The van der Waals surface area contributed by atoms with E-state index in [2.05, 4.69) is 0 Å². The largest absolute Gasteiger partial charge is 0.455 e. The summed E-state index contributed by atoms with van der Waals surface area (Å²) in [6.07, 6.45) is 1.21. The fraction of sp³-hybridized carbons (Fsp3) is 0.238. The molecule has 126 valence electrons. The van der Waals surface area contributed by atoms with Crippen LogP contribution in [0.3, 0.4) is 0 Å². The van der Waals surface area contributed by atoms with Gasteiger partial charge in [0.05, 0.1) is 5.92 Å². The zero-order chi connectivity index (χ0) is 17.6. The van der Waals surface area contributed by atoms with Crippen LogP contribution in [0, 0.1) is 5.92 Å². The Morgan fingerprint density at radius 1 is 1.04 bits per heavy atom. The van der Waals surface area contributed by atoms with E-state index in [1.807, 2.05) is 60.7 Å². The average molecular weight is 334 g/mol. The van der Waals surface area contributed by atoms with Gasteiger partial charge in [0.2, 0.25) is 0 Å². The lowest BCUT2D eigenvalue weighted by Gasteiger charge is -2.50. The Morgan fingerprint density at radius 3 is 2.24 bits per heavy atom. The maximum atomic E-state index is 12.6. The van der Waals surface area contributed by atoms with Gasteiger partial charge in [0.1, 0.15) is 11.9 Å². The van der Waals surface area contributed by atoms with Crippen molar-refractivity contribution in [3.63, 3.8) is 0 Å². The van der Waals surface area contributed by atoms with Crippen molar-refractivity contribution in [3.8, 4) is 0 Å². The second-order valence-electron chi connectivity index (χ2n) is 6.61. The highest BCUT2D eigenvalue weighted by molar-refractivity contribution is 6.05. The van der Waals surface area contributed by atoms with E-state index >= 15 is 0 Å². The summed E-state index contributed by atoms with van der Waals surface area (Å²) in [5.74, 6) is -2.24. The Bertz CT molecular complexity index is 856. The second kappa shape index (κ2) is 5.67. The first-order chi connectivity index (χ1) is 12.0. The SMILES string of the molecule is CC(=O)C1C(c2ccccc2)C2C=C(c3ccccc3)C1(O)C(=O)O2. The van der Waals surface area contributed by atoms with Gasteiger partial charge in [-0.25, -0.2) is 4.79 Å². The third kappa shape index (κ3) is 2.25. The Kier molecular flexibility index (Phi) is 3.58. The quantitative estimate of drug-likeness (QED) is 0.877. The normalized spacial score (nSPS) is 30.6. The summed E-state index contributed by atoms with van der Waals surface area (Å²) < 4.78 is 5.47. The molecular formula is C21H18O4. The molecule has 2 aliphatic heterocycles. The van der Waals surface area contributed by atoms with Crippen molar-refractivity contribution < 1.29 is 19.4 Å². The van der Waals surface area contributed by atoms with E-state index in [-0.39, 0.29) is 5.78 Å². The van der Waals surface area contributed by atoms with Gasteiger partial charge in [-0.3, -0.25) is 4.79 Å². The molecule has 2 aromatic rings. The van der Waals surface area contributed by atoms with Crippen LogP contribution < -0.4 is 0 Å². The summed E-state index contributed by atoms with van der Waals surface area (Å²) >= 11 is 0. The van der Waals surface area contributed by atoms with E-state index in [1.54, 1.807) is 6.08 Å². The predicted molar refractivity (Wildman–Crippen MR) is 92.6 cm³/mol. The van der Waals surface area contributed by atoms with E-state index in [0.29, 0.717) is 5.57 Å². The van der Waals surface area contributed by atoms with Crippen LogP contribution in [0.1, 0.15) is 24.0 Å². The molecule has 5 rings (SSSR count). The Morgan fingerprint density at radius 2 is 1.64 bits per heavy atom. The van der Waals surface area contributed by atoms with E-state index in [0.717, 1.165) is 11.1 Å². The molecule has 0 aromatic heterocycles. The summed E-state index contributed by atoms with van der Waals surface area (Å²) in [4.78, 5) is 25.1. The summed E-state index contributed by atoms with van der Waals surface area (Å²) in [5, 5.41) is 11.4. The third-order valence-corrected chi connectivity index (χ3v) is 5.17. The molecule has 1 fully saturated rings. The molecule has 0 radical (unpaired) electrons. The molecule has 1 N–H and O–H groups in total. The molecule has 1 saturated heterocycles. The van der Waals surface area contributed by atoms with Crippen LogP contribution in [-0.2, 0) is 14.3 Å². The minimum absolute atomic E-state index is 0.223. The van der Waals surface area contributed by atoms with E-state index < -0.39 is 29.5 Å². The minimum Gasteiger partial charge on any atom is -0.455 e. The lowest BCUT2D eigenvalue weighted by atomic mass is 9.61. The minimum atomic E-state index is -1.97. The molecule has 4 heteroatoms. The van der Waals surface area contributed by atoms with E-state index in [4.69, 9.17) is 4.74 Å². The number of carbonyl (C=O) groups is 2. The van der Waals surface area contributed by atoms with Gasteiger partial charge >= 0.3 is 5.97 Å². The van der Waals surface area contributed by atoms with Crippen LogP contribution in [0.25, 0.3) is 5.57 Å². The lowest BCUT2D eigenvalue weighted by molar-refractivity contribution is -0.187. The summed E-state index contributed by atoms with van der Waals surface area (Å²) in [6.45, 7) is 1.43. The van der Waals surface area contributed by atoms with Crippen LogP contribution in [0.5, 0.6) is 0 Å². The number of hydrogen-bond donors (Lipinski definition) is 1. The topological polar surface area (TPSA) is 63.6 Å². The number of ether oxygens (including phenoxy) is 1. The predicted octanol–water partition coefficient (Wildman–Crippen LogP) is 2.73. The van der Waals surface area contributed by atoms with Crippen LogP contribution >= 0.6 is 0 Å². The summed E-state index contributed by atoms with van der Waals surface area (Å²) in [6, 6.07) is 18.6. The van der Waals surface area contributed by atoms with Gasteiger partial charge in [0.25, 0.3) is 0 Å². The van der Waals surface area contributed by atoms with Crippen molar-refractivity contribution in [2.45, 2.75) is 24.5 Å². The van der Waals surface area contributed by atoms with Crippen molar-refractivity contribution in [2.75, 3.05) is 0 Å². The number of fused-ring (bicyclic) bond motifs is 2. The molecular weight excluding hydrogens is 316 g/mol. The van der Waals surface area contributed by atoms with Gasteiger partial charge in [-0.15, -0.1) is 0 Å². The molecule has 0 saturated carbocycles. The standard InChI is InChI=1S/C21H18O4/c1-13(22)19-18(15-10-6-3-7-11-15)17-12-16(14-8-4-2-5-9-14)21(19,24)20(23)25-17/h2-12,17-19,24H,1H3. The number of Topliss-reactive ketones (excluding diaryl/α,β-unsaturated/α-hetero) is 1. The highest BCUT2D eigenvalue weighted by Gasteiger charge is 2.63. The molecule has 0 spiro atoms. The molecule has 2 heterocycles. The van der Waals surface area contributed by atoms with Crippen LogP contribution in [0.4, 0.5) is 0 Å². The maximum Gasteiger partial charge on any atom is 0.344 e. The van der Waals surface area contributed by atoms with Gasteiger partial charge in [-0.2, -0.15) is 0 Å². The van der Waals surface area contributed by atoms with Crippen molar-refractivity contribution in [3.05, 3.63) is 77.9 Å². The number of benzene rings is 2. The highest BCUT2D eigenvalue weighted by Crippen LogP contribution is 2.52. The molecule has 3 aliphatic rings. The first-order valence-electron chi connectivity index (χ1n) is 8.30. The monoisotopic (exact) mass is 334 g/mol. The van der Waals surface area contributed by atoms with Gasteiger partial charge < -0.3 is 9.84 Å². The maximum absolute atomic E-state index is 12.6. The Labute approximate surface area is 145 Å². The van der Waals surface area contributed by atoms with Gasteiger partial charge in [0, 0.05) is 11.5 Å². The molecule has 0 amide bonds. The molecule has 1 aliphatic carbocycles. The number of rotatable bonds is 3. The van der Waals surface area contributed by atoms with Crippen LogP contribution in [0.15, 0.2) is 66.7 Å². The lowest BCUT2D eigenvalue weighted by Crippen LogP contribution is -2.62. The molecule has 4 atom stereocenters. The average Bonchev–Trinajstić information content (AvgIpc) is 2.63. The van der Waals surface area contributed by atoms with Gasteiger partial charge in [-0.05, 0) is 24.1 Å². The number of carbonyl (C=O) groups excluding carboxylic acids is 2. The molecule has 4 nitrogen and oxygen atoms in total. The van der Waals surface area contributed by atoms with Crippen LogP contribution in [0.2, 0.25) is 0 Å². The number of aliphatic hydroxyl groups is 1. The van der Waals surface area contributed by atoms with Crippen LogP contribution in [-0.4, -0.2) is 28.6 Å². The molecule has 25 heavy (non-hydrogen) atoms. The number of hydrogen-bond acceptors (Lipinski definition) is 4. The van der Waals surface area contributed by atoms with E-state index in [1.165, 1.54) is 6.92 Å². The molecule has 4 unspecified atom stereocenters. The summed E-state index contributed by atoms with van der Waals surface area (Å²) in [5.41, 5.74) is 0.0933. The molecule has 2 aromatic carbocycles. The number of esters is 1. The first kappa shape index (κ1) is 15.8. The number of ketones is 1. The fourth-order valence-electron chi connectivity index (χ4n) is 4.11. The van der Waals surface area contributed by atoms with Gasteiger partial charge in [-0.1, -0.05) is 60.7 Å². The fourth-order valence-corrected chi connectivity index (χ4v) is 4.11. The van der Waals surface area contributed by atoms with Crippen molar-refractivity contribution in [1.29, 1.82) is 0 Å². The molecule has 2 bridgehead atoms. The smallest absolute Gasteiger partial charge is 0.344 e. The first-order valence-corrected chi connectivity index (χ1v) is 8.30. The van der Waals surface area contributed by atoms with Crippen molar-refractivity contribution >= 4 is 17.3 Å². The van der Waals surface area contributed by atoms with Crippen molar-refractivity contribution in [2.24, 2.45) is 5.92 Å². The van der Waals surface area contributed by atoms with Gasteiger partial charge in [0.15, 0.2) is 5.60 Å². The Hall–Kier alpha value is -2.72. The highest BCUT2D eigenvalue weighted by atomic mass is 16.6. The third-order valence-electron chi connectivity index (χ3n) is 5.17. The zero-order valence-electron chi connectivity index (χ0n) is 13.8. The van der Waals surface area contributed by atoms with Crippen molar-refractivity contribution in [1.82, 2.24) is 0 Å².